The Morgan fingerprint density at radius 3 is 2.40 bits per heavy atom. The summed E-state index contributed by atoms with van der Waals surface area (Å²) in [5.74, 6) is -0.852. The van der Waals surface area contributed by atoms with Gasteiger partial charge in [0.25, 0.3) is 0 Å². The number of carboxylic acids is 1. The Balaban J connectivity index is 2.89. The molecule has 86 valence electrons. The summed E-state index contributed by atoms with van der Waals surface area (Å²) in [6, 6.07) is -0.166. The van der Waals surface area contributed by atoms with Gasteiger partial charge in [-0.3, -0.25) is 9.59 Å². The molecule has 1 fully saturated rings. The smallest absolute Gasteiger partial charge is 0.311 e. The van der Waals surface area contributed by atoms with Gasteiger partial charge in [0, 0.05) is 19.5 Å². The van der Waals surface area contributed by atoms with Crippen LogP contribution in [0.3, 0.4) is 0 Å². The highest BCUT2D eigenvalue weighted by molar-refractivity contribution is 5.78. The zero-order valence-electron chi connectivity index (χ0n) is 9.62. The van der Waals surface area contributed by atoms with E-state index >= 15 is 0 Å². The van der Waals surface area contributed by atoms with Gasteiger partial charge in [0.2, 0.25) is 5.91 Å². The Hall–Kier alpha value is -1.06. The zero-order valence-corrected chi connectivity index (χ0v) is 9.62. The summed E-state index contributed by atoms with van der Waals surface area (Å²) in [6.07, 6.45) is 2.77. The second-order valence-corrected chi connectivity index (χ2v) is 4.75. The van der Waals surface area contributed by atoms with Crippen molar-refractivity contribution in [1.29, 1.82) is 0 Å². The first kappa shape index (κ1) is 12.0. The van der Waals surface area contributed by atoms with Gasteiger partial charge in [-0.2, -0.15) is 0 Å². The van der Waals surface area contributed by atoms with E-state index in [0.29, 0.717) is 6.54 Å². The highest BCUT2D eigenvalue weighted by atomic mass is 16.4. The SMILES string of the molecule is CC(=O)N1CCCCC1C(C)(C)C(=O)O. The van der Waals surface area contributed by atoms with Crippen molar-refractivity contribution in [2.24, 2.45) is 5.41 Å². The molecule has 1 aliphatic rings. The first-order valence-electron chi connectivity index (χ1n) is 5.38. The van der Waals surface area contributed by atoms with Crippen molar-refractivity contribution in [3.05, 3.63) is 0 Å². The average Bonchev–Trinajstić information content (AvgIpc) is 2.17. The van der Waals surface area contributed by atoms with Crippen LogP contribution in [-0.2, 0) is 9.59 Å². The minimum atomic E-state index is -0.855. The molecule has 4 heteroatoms. The molecule has 0 saturated carbocycles. The van der Waals surface area contributed by atoms with Crippen molar-refractivity contribution in [3.63, 3.8) is 0 Å². The molecule has 15 heavy (non-hydrogen) atoms. The summed E-state index contributed by atoms with van der Waals surface area (Å²) in [6.45, 7) is 5.59. The van der Waals surface area contributed by atoms with Crippen LogP contribution in [0.4, 0.5) is 0 Å². The number of carbonyl (C=O) groups excluding carboxylic acids is 1. The van der Waals surface area contributed by atoms with E-state index in [2.05, 4.69) is 0 Å². The summed E-state index contributed by atoms with van der Waals surface area (Å²) in [7, 11) is 0. The summed E-state index contributed by atoms with van der Waals surface area (Å²) in [4.78, 5) is 24.3. The van der Waals surface area contributed by atoms with Crippen molar-refractivity contribution in [2.45, 2.75) is 46.1 Å². The van der Waals surface area contributed by atoms with Crippen LogP contribution in [0, 0.1) is 5.41 Å². The van der Waals surface area contributed by atoms with Crippen molar-refractivity contribution >= 4 is 11.9 Å². The molecule has 1 heterocycles. The number of carboxylic acid groups (broad SMARTS) is 1. The molecule has 1 unspecified atom stereocenters. The summed E-state index contributed by atoms with van der Waals surface area (Å²) < 4.78 is 0. The molecule has 1 N–H and O–H groups in total. The van der Waals surface area contributed by atoms with E-state index in [-0.39, 0.29) is 11.9 Å². The van der Waals surface area contributed by atoms with Crippen LogP contribution in [0.15, 0.2) is 0 Å². The lowest BCUT2D eigenvalue weighted by Gasteiger charge is -2.42. The molecule has 0 aromatic carbocycles. The lowest BCUT2D eigenvalue weighted by atomic mass is 9.79. The van der Waals surface area contributed by atoms with Crippen LogP contribution in [-0.4, -0.2) is 34.5 Å². The minimum Gasteiger partial charge on any atom is -0.481 e. The molecule has 0 aromatic heterocycles. The maximum Gasteiger partial charge on any atom is 0.311 e. The number of amides is 1. The first-order chi connectivity index (χ1) is 6.87. The molecule has 4 nitrogen and oxygen atoms in total. The molecule has 1 aliphatic heterocycles. The van der Waals surface area contributed by atoms with Gasteiger partial charge in [-0.25, -0.2) is 0 Å². The van der Waals surface area contributed by atoms with E-state index in [1.807, 2.05) is 0 Å². The lowest BCUT2D eigenvalue weighted by Crippen LogP contribution is -2.53. The Kier molecular flexibility index (Phi) is 3.37. The molecular formula is C11H19NO3. The quantitative estimate of drug-likeness (QED) is 0.756. The van der Waals surface area contributed by atoms with Crippen molar-refractivity contribution < 1.29 is 14.7 Å². The van der Waals surface area contributed by atoms with Gasteiger partial charge in [0.1, 0.15) is 0 Å². The fourth-order valence-corrected chi connectivity index (χ4v) is 2.20. The van der Waals surface area contributed by atoms with Crippen LogP contribution in [0.5, 0.6) is 0 Å². The second-order valence-electron chi connectivity index (χ2n) is 4.75. The van der Waals surface area contributed by atoms with Gasteiger partial charge in [0.15, 0.2) is 0 Å². The highest BCUT2D eigenvalue weighted by Crippen LogP contribution is 2.32. The third-order valence-electron chi connectivity index (χ3n) is 3.29. The Bertz CT molecular complexity index is 273. The summed E-state index contributed by atoms with van der Waals surface area (Å²) in [5, 5.41) is 9.16. The Labute approximate surface area is 90.3 Å². The number of carbonyl (C=O) groups is 2. The van der Waals surface area contributed by atoms with Crippen LogP contribution in [0.2, 0.25) is 0 Å². The second kappa shape index (κ2) is 4.21. The lowest BCUT2D eigenvalue weighted by molar-refractivity contribution is -0.154. The Morgan fingerprint density at radius 1 is 1.33 bits per heavy atom. The van der Waals surface area contributed by atoms with Crippen LogP contribution >= 0.6 is 0 Å². The van der Waals surface area contributed by atoms with Crippen molar-refractivity contribution in [3.8, 4) is 0 Å². The molecule has 1 amide bonds. The van der Waals surface area contributed by atoms with E-state index in [0.717, 1.165) is 19.3 Å². The number of nitrogens with zero attached hydrogens (tertiary/aromatic N) is 1. The molecule has 0 aromatic rings. The third-order valence-corrected chi connectivity index (χ3v) is 3.29. The monoisotopic (exact) mass is 213 g/mol. The first-order valence-corrected chi connectivity index (χ1v) is 5.38. The van der Waals surface area contributed by atoms with E-state index in [4.69, 9.17) is 5.11 Å². The maximum absolute atomic E-state index is 11.4. The van der Waals surface area contributed by atoms with Gasteiger partial charge >= 0.3 is 5.97 Å². The zero-order chi connectivity index (χ0) is 11.6. The molecule has 1 atom stereocenters. The molecule has 0 radical (unpaired) electrons. The standard InChI is InChI=1S/C11H19NO3/c1-8(13)12-7-5-4-6-9(12)11(2,3)10(14)15/h9H,4-7H2,1-3H3,(H,14,15). The van der Waals surface area contributed by atoms with E-state index in [9.17, 15) is 9.59 Å². The fraction of sp³-hybridized carbons (Fsp3) is 0.818. The molecular weight excluding hydrogens is 194 g/mol. The maximum atomic E-state index is 11.4. The number of aliphatic carboxylic acids is 1. The van der Waals surface area contributed by atoms with Crippen LogP contribution < -0.4 is 0 Å². The van der Waals surface area contributed by atoms with Gasteiger partial charge in [-0.15, -0.1) is 0 Å². The number of likely N-dealkylation sites (tertiary alicyclic amines) is 1. The topological polar surface area (TPSA) is 57.6 Å². The normalized spacial score (nSPS) is 22.6. The van der Waals surface area contributed by atoms with Crippen LogP contribution in [0.25, 0.3) is 0 Å². The van der Waals surface area contributed by atoms with E-state index in [1.54, 1.807) is 18.7 Å². The number of rotatable bonds is 2. The van der Waals surface area contributed by atoms with Crippen molar-refractivity contribution in [1.82, 2.24) is 4.90 Å². The third kappa shape index (κ3) is 2.30. The van der Waals surface area contributed by atoms with Crippen molar-refractivity contribution in [2.75, 3.05) is 6.54 Å². The number of piperidine rings is 1. The van der Waals surface area contributed by atoms with E-state index in [1.165, 1.54) is 6.92 Å². The molecule has 0 bridgehead atoms. The molecule has 1 saturated heterocycles. The summed E-state index contributed by atoms with van der Waals surface area (Å²) >= 11 is 0. The van der Waals surface area contributed by atoms with Gasteiger partial charge < -0.3 is 10.0 Å². The van der Waals surface area contributed by atoms with Crippen LogP contribution in [0.1, 0.15) is 40.0 Å². The fourth-order valence-electron chi connectivity index (χ4n) is 2.20. The Morgan fingerprint density at radius 2 is 1.93 bits per heavy atom. The summed E-state index contributed by atoms with van der Waals surface area (Å²) in [5.41, 5.74) is -0.855. The average molecular weight is 213 g/mol. The van der Waals surface area contributed by atoms with Gasteiger partial charge in [-0.1, -0.05) is 0 Å². The molecule has 0 aliphatic carbocycles. The predicted molar refractivity (Wildman–Crippen MR) is 56.4 cm³/mol. The number of hydrogen-bond acceptors (Lipinski definition) is 2. The van der Waals surface area contributed by atoms with E-state index < -0.39 is 11.4 Å². The van der Waals surface area contributed by atoms with Gasteiger partial charge in [-0.05, 0) is 33.1 Å². The minimum absolute atomic E-state index is 0.0194. The van der Waals surface area contributed by atoms with Gasteiger partial charge in [0.05, 0.1) is 5.41 Å². The molecule has 1 rings (SSSR count). The largest absolute Gasteiger partial charge is 0.481 e. The predicted octanol–water partition coefficient (Wildman–Crippen LogP) is 1.50. The number of hydrogen-bond donors (Lipinski definition) is 1. The molecule has 0 spiro atoms. The highest BCUT2D eigenvalue weighted by Gasteiger charge is 2.42.